The van der Waals surface area contributed by atoms with Crippen LogP contribution in [0.4, 0.5) is 0 Å². The van der Waals surface area contributed by atoms with Crippen molar-refractivity contribution in [1.82, 2.24) is 0 Å². The number of hydrogen-bond acceptors (Lipinski definition) is 1. The van der Waals surface area contributed by atoms with E-state index in [2.05, 4.69) is 75.4 Å². The van der Waals surface area contributed by atoms with Crippen molar-refractivity contribution >= 4 is 0 Å². The van der Waals surface area contributed by atoms with E-state index >= 15 is 0 Å². The fraction of sp³-hybridized carbons (Fsp3) is 0.429. The zero-order chi connectivity index (χ0) is 15.8. The summed E-state index contributed by atoms with van der Waals surface area (Å²) in [4.78, 5) is 0. The Hall–Kier alpha value is -1.76. The fourth-order valence-corrected chi connectivity index (χ4v) is 2.94. The van der Waals surface area contributed by atoms with Gasteiger partial charge in [-0.05, 0) is 54.4 Å². The van der Waals surface area contributed by atoms with E-state index in [1.54, 1.807) is 0 Å². The van der Waals surface area contributed by atoms with Crippen LogP contribution in [0.3, 0.4) is 0 Å². The smallest absolute Gasteiger partial charge is 0.119 e. The molecule has 2 atom stereocenters. The molecule has 0 bridgehead atoms. The molecule has 2 rings (SSSR count). The Morgan fingerprint density at radius 2 is 1.55 bits per heavy atom. The molecule has 0 amide bonds. The van der Waals surface area contributed by atoms with Crippen LogP contribution in [0, 0.1) is 0 Å². The standard InChI is InChI=1S/C21H28O/c1-4-15-22-21-13-11-19(12-14-21)17(3)16-18(5-2)20-9-7-6-8-10-20/h6-14,17-18H,4-5,15-16H2,1-3H3. The molecule has 0 aromatic heterocycles. The Morgan fingerprint density at radius 1 is 0.864 bits per heavy atom. The van der Waals surface area contributed by atoms with Gasteiger partial charge in [0, 0.05) is 0 Å². The highest BCUT2D eigenvalue weighted by Gasteiger charge is 2.15. The van der Waals surface area contributed by atoms with Gasteiger partial charge in [-0.1, -0.05) is 63.2 Å². The van der Waals surface area contributed by atoms with E-state index in [0.717, 1.165) is 18.8 Å². The zero-order valence-electron chi connectivity index (χ0n) is 14.1. The monoisotopic (exact) mass is 296 g/mol. The molecule has 1 nitrogen and oxygen atoms in total. The Balaban J connectivity index is 1.99. The third-order valence-corrected chi connectivity index (χ3v) is 4.32. The largest absolute Gasteiger partial charge is 0.494 e. The predicted octanol–water partition coefficient (Wildman–Crippen LogP) is 6.16. The van der Waals surface area contributed by atoms with Crippen molar-refractivity contribution in [2.24, 2.45) is 0 Å². The third-order valence-electron chi connectivity index (χ3n) is 4.32. The molecular formula is C21H28O. The van der Waals surface area contributed by atoms with Gasteiger partial charge >= 0.3 is 0 Å². The van der Waals surface area contributed by atoms with Crippen LogP contribution in [-0.4, -0.2) is 6.61 Å². The summed E-state index contributed by atoms with van der Waals surface area (Å²) in [5, 5.41) is 0. The van der Waals surface area contributed by atoms with Crippen molar-refractivity contribution in [3.63, 3.8) is 0 Å². The molecule has 0 saturated carbocycles. The molecule has 0 heterocycles. The van der Waals surface area contributed by atoms with Gasteiger partial charge in [0.25, 0.3) is 0 Å². The highest BCUT2D eigenvalue weighted by Crippen LogP contribution is 2.32. The van der Waals surface area contributed by atoms with Crippen molar-refractivity contribution in [1.29, 1.82) is 0 Å². The minimum Gasteiger partial charge on any atom is -0.494 e. The minimum atomic E-state index is 0.561. The second kappa shape index (κ2) is 8.63. The lowest BCUT2D eigenvalue weighted by Crippen LogP contribution is -2.04. The van der Waals surface area contributed by atoms with E-state index in [9.17, 15) is 0 Å². The van der Waals surface area contributed by atoms with Crippen LogP contribution >= 0.6 is 0 Å². The van der Waals surface area contributed by atoms with Gasteiger partial charge in [-0.15, -0.1) is 0 Å². The Bertz CT molecular complexity index is 530. The lowest BCUT2D eigenvalue weighted by atomic mass is 9.85. The third kappa shape index (κ3) is 4.62. The summed E-state index contributed by atoms with van der Waals surface area (Å²) < 4.78 is 5.66. The first kappa shape index (κ1) is 16.6. The number of ether oxygens (including phenoxy) is 1. The maximum atomic E-state index is 5.66. The molecule has 2 aromatic rings. The van der Waals surface area contributed by atoms with Gasteiger partial charge < -0.3 is 4.74 Å². The first-order valence-electron chi connectivity index (χ1n) is 8.52. The van der Waals surface area contributed by atoms with Gasteiger partial charge in [0.05, 0.1) is 6.61 Å². The number of benzene rings is 2. The summed E-state index contributed by atoms with van der Waals surface area (Å²) in [7, 11) is 0. The molecule has 0 aliphatic heterocycles. The SMILES string of the molecule is CCCOc1ccc(C(C)CC(CC)c2ccccc2)cc1. The fourth-order valence-electron chi connectivity index (χ4n) is 2.94. The van der Waals surface area contributed by atoms with Crippen molar-refractivity contribution in [2.75, 3.05) is 6.61 Å². The van der Waals surface area contributed by atoms with E-state index < -0.39 is 0 Å². The summed E-state index contributed by atoms with van der Waals surface area (Å²) in [6.07, 6.45) is 3.43. The predicted molar refractivity (Wildman–Crippen MR) is 94.7 cm³/mol. The summed E-state index contributed by atoms with van der Waals surface area (Å²) in [5.74, 6) is 2.17. The van der Waals surface area contributed by atoms with E-state index in [-0.39, 0.29) is 0 Å². The molecular weight excluding hydrogens is 268 g/mol. The molecule has 0 fully saturated rings. The molecule has 0 spiro atoms. The zero-order valence-corrected chi connectivity index (χ0v) is 14.1. The lowest BCUT2D eigenvalue weighted by molar-refractivity contribution is 0.317. The van der Waals surface area contributed by atoms with Gasteiger partial charge in [-0.2, -0.15) is 0 Å². The van der Waals surface area contributed by atoms with E-state index in [1.807, 2.05) is 0 Å². The van der Waals surface area contributed by atoms with Crippen LogP contribution in [0.2, 0.25) is 0 Å². The van der Waals surface area contributed by atoms with Gasteiger partial charge in [-0.3, -0.25) is 0 Å². The minimum absolute atomic E-state index is 0.561. The van der Waals surface area contributed by atoms with Gasteiger partial charge in [0.1, 0.15) is 5.75 Å². The summed E-state index contributed by atoms with van der Waals surface area (Å²) in [6.45, 7) is 7.53. The van der Waals surface area contributed by atoms with Gasteiger partial charge in [0.15, 0.2) is 0 Å². The van der Waals surface area contributed by atoms with Crippen LogP contribution in [0.25, 0.3) is 0 Å². The van der Waals surface area contributed by atoms with Crippen molar-refractivity contribution in [3.05, 3.63) is 65.7 Å². The quantitative estimate of drug-likeness (QED) is 0.566. The first-order chi connectivity index (χ1) is 10.7. The molecule has 1 heteroatoms. The second-order valence-corrected chi connectivity index (χ2v) is 6.07. The second-order valence-electron chi connectivity index (χ2n) is 6.07. The highest BCUT2D eigenvalue weighted by atomic mass is 16.5. The van der Waals surface area contributed by atoms with Crippen LogP contribution < -0.4 is 4.74 Å². The van der Waals surface area contributed by atoms with Crippen LogP contribution in [0.15, 0.2) is 54.6 Å². The first-order valence-corrected chi connectivity index (χ1v) is 8.52. The van der Waals surface area contributed by atoms with Crippen molar-refractivity contribution < 1.29 is 4.74 Å². The normalized spacial score (nSPS) is 13.6. The number of rotatable bonds is 8. The average Bonchev–Trinajstić information content (AvgIpc) is 2.58. The van der Waals surface area contributed by atoms with Gasteiger partial charge in [0.2, 0.25) is 0 Å². The molecule has 22 heavy (non-hydrogen) atoms. The van der Waals surface area contributed by atoms with E-state index in [4.69, 9.17) is 4.74 Å². The Labute approximate surface area is 135 Å². The molecule has 0 saturated heterocycles. The molecule has 0 N–H and O–H groups in total. The molecule has 0 radical (unpaired) electrons. The van der Waals surface area contributed by atoms with Crippen molar-refractivity contribution in [3.8, 4) is 5.75 Å². The summed E-state index contributed by atoms with van der Waals surface area (Å²) in [5.41, 5.74) is 2.86. The summed E-state index contributed by atoms with van der Waals surface area (Å²) >= 11 is 0. The average molecular weight is 296 g/mol. The maximum absolute atomic E-state index is 5.66. The highest BCUT2D eigenvalue weighted by molar-refractivity contribution is 5.30. The van der Waals surface area contributed by atoms with Crippen LogP contribution in [0.5, 0.6) is 5.75 Å². The molecule has 2 aromatic carbocycles. The topological polar surface area (TPSA) is 9.23 Å². The molecule has 2 unspecified atom stereocenters. The van der Waals surface area contributed by atoms with Crippen molar-refractivity contribution in [2.45, 2.75) is 51.9 Å². The molecule has 118 valence electrons. The maximum Gasteiger partial charge on any atom is 0.119 e. The Morgan fingerprint density at radius 3 is 2.14 bits per heavy atom. The van der Waals surface area contributed by atoms with Gasteiger partial charge in [-0.25, -0.2) is 0 Å². The number of hydrogen-bond donors (Lipinski definition) is 0. The van der Waals surface area contributed by atoms with Crippen LogP contribution in [0.1, 0.15) is 63.0 Å². The lowest BCUT2D eigenvalue weighted by Gasteiger charge is -2.21. The molecule has 0 aliphatic rings. The summed E-state index contributed by atoms with van der Waals surface area (Å²) in [6, 6.07) is 19.5. The Kier molecular flexibility index (Phi) is 6.51. The molecule has 0 aliphatic carbocycles. The van der Waals surface area contributed by atoms with E-state index in [1.165, 1.54) is 24.0 Å². The van der Waals surface area contributed by atoms with Crippen LogP contribution in [-0.2, 0) is 0 Å². The van der Waals surface area contributed by atoms with E-state index in [0.29, 0.717) is 11.8 Å².